The van der Waals surface area contributed by atoms with Crippen LogP contribution in [0, 0.1) is 0 Å². The van der Waals surface area contributed by atoms with Crippen molar-refractivity contribution in [2.24, 2.45) is 0 Å². The van der Waals surface area contributed by atoms with Crippen LogP contribution in [0.1, 0.15) is 20.3 Å². The van der Waals surface area contributed by atoms with E-state index in [0.717, 1.165) is 0 Å². The van der Waals surface area contributed by atoms with E-state index < -0.39 is 5.79 Å². The Balaban J connectivity index is 2.56. The minimum atomic E-state index is -0.568. The molecule has 0 bridgehead atoms. The van der Waals surface area contributed by atoms with E-state index in [0.29, 0.717) is 6.42 Å². The summed E-state index contributed by atoms with van der Waals surface area (Å²) in [6, 6.07) is 0. The highest BCUT2D eigenvalue weighted by molar-refractivity contribution is 4.86. The molecule has 2 atom stereocenters. The highest BCUT2D eigenvalue weighted by Crippen LogP contribution is 2.29. The minimum Gasteiger partial charge on any atom is -0.394 e. The van der Waals surface area contributed by atoms with Gasteiger partial charge in [0.2, 0.25) is 0 Å². The van der Waals surface area contributed by atoms with Gasteiger partial charge in [-0.2, -0.15) is 0 Å². The Morgan fingerprint density at radius 2 is 2.00 bits per heavy atom. The summed E-state index contributed by atoms with van der Waals surface area (Å²) in [6.07, 6.45) is 2.23. The first-order chi connectivity index (χ1) is 5.59. The van der Waals surface area contributed by atoms with Crippen molar-refractivity contribution in [1.82, 2.24) is 0 Å². The number of aliphatic hydroxyl groups is 1. The molecule has 0 aromatic rings. The van der Waals surface area contributed by atoms with E-state index in [1.54, 1.807) is 6.08 Å². The van der Waals surface area contributed by atoms with E-state index >= 15 is 0 Å². The molecule has 0 radical (unpaired) electrons. The summed E-state index contributed by atoms with van der Waals surface area (Å²) in [5.41, 5.74) is 0. The van der Waals surface area contributed by atoms with Gasteiger partial charge in [0.05, 0.1) is 12.7 Å². The van der Waals surface area contributed by atoms with Gasteiger partial charge in [-0.15, -0.1) is 6.58 Å². The third-order valence-electron chi connectivity index (χ3n) is 1.86. The fourth-order valence-electron chi connectivity index (χ4n) is 1.43. The quantitative estimate of drug-likeness (QED) is 0.647. The molecule has 1 aliphatic heterocycles. The van der Waals surface area contributed by atoms with Gasteiger partial charge in [-0.3, -0.25) is 0 Å². The average Bonchev–Trinajstić information content (AvgIpc) is 2.26. The van der Waals surface area contributed by atoms with Gasteiger partial charge in [-0.25, -0.2) is 0 Å². The molecular formula is C9H16O3. The first-order valence-corrected chi connectivity index (χ1v) is 4.16. The highest BCUT2D eigenvalue weighted by atomic mass is 16.8. The van der Waals surface area contributed by atoms with Crippen LogP contribution in [-0.2, 0) is 9.47 Å². The van der Waals surface area contributed by atoms with Gasteiger partial charge in [0, 0.05) is 0 Å². The lowest BCUT2D eigenvalue weighted by molar-refractivity contribution is -0.148. The highest BCUT2D eigenvalue weighted by Gasteiger charge is 2.39. The molecule has 12 heavy (non-hydrogen) atoms. The summed E-state index contributed by atoms with van der Waals surface area (Å²) in [4.78, 5) is 0. The smallest absolute Gasteiger partial charge is 0.163 e. The van der Waals surface area contributed by atoms with Crippen LogP contribution in [0.5, 0.6) is 0 Å². The van der Waals surface area contributed by atoms with Crippen molar-refractivity contribution >= 4 is 0 Å². The molecule has 1 saturated heterocycles. The van der Waals surface area contributed by atoms with Crippen LogP contribution in [0.4, 0.5) is 0 Å². The normalized spacial score (nSPS) is 33.6. The van der Waals surface area contributed by atoms with E-state index in [1.807, 2.05) is 13.8 Å². The Morgan fingerprint density at radius 1 is 1.42 bits per heavy atom. The van der Waals surface area contributed by atoms with Gasteiger partial charge >= 0.3 is 0 Å². The second-order valence-corrected chi connectivity index (χ2v) is 3.42. The lowest BCUT2D eigenvalue weighted by Gasteiger charge is -2.16. The lowest BCUT2D eigenvalue weighted by atomic mass is 10.1. The maximum atomic E-state index is 8.96. The number of hydrogen-bond acceptors (Lipinski definition) is 3. The number of hydrogen-bond donors (Lipinski definition) is 1. The molecule has 0 spiro atoms. The van der Waals surface area contributed by atoms with E-state index in [1.165, 1.54) is 0 Å². The third kappa shape index (κ3) is 2.06. The van der Waals surface area contributed by atoms with E-state index in [-0.39, 0.29) is 18.8 Å². The van der Waals surface area contributed by atoms with Crippen LogP contribution < -0.4 is 0 Å². The topological polar surface area (TPSA) is 38.7 Å². The Hall–Kier alpha value is -0.380. The summed E-state index contributed by atoms with van der Waals surface area (Å²) >= 11 is 0. The van der Waals surface area contributed by atoms with Crippen LogP contribution >= 0.6 is 0 Å². The maximum absolute atomic E-state index is 8.96. The summed E-state index contributed by atoms with van der Waals surface area (Å²) in [5, 5.41) is 8.96. The van der Waals surface area contributed by atoms with Crippen LogP contribution in [0.2, 0.25) is 0 Å². The number of aliphatic hydroxyl groups excluding tert-OH is 1. The first-order valence-electron chi connectivity index (χ1n) is 4.16. The molecule has 0 aromatic carbocycles. The lowest BCUT2D eigenvalue weighted by Crippen LogP contribution is -2.25. The predicted molar refractivity (Wildman–Crippen MR) is 45.7 cm³/mol. The van der Waals surface area contributed by atoms with Crippen molar-refractivity contribution in [2.75, 3.05) is 6.61 Å². The molecule has 1 rings (SSSR count). The van der Waals surface area contributed by atoms with Gasteiger partial charge in [0.1, 0.15) is 6.10 Å². The fraction of sp³-hybridized carbons (Fsp3) is 0.778. The van der Waals surface area contributed by atoms with Crippen molar-refractivity contribution < 1.29 is 14.6 Å². The standard InChI is InChI=1S/C9H16O3/c1-4-5-7-8(6-10)12-9(2,3)11-7/h4,7-8,10H,1,5-6H2,2-3H3. The Kier molecular flexibility index (Phi) is 2.88. The van der Waals surface area contributed by atoms with Crippen molar-refractivity contribution in [3.63, 3.8) is 0 Å². The molecule has 1 N–H and O–H groups in total. The fourth-order valence-corrected chi connectivity index (χ4v) is 1.43. The van der Waals surface area contributed by atoms with Crippen LogP contribution in [0.15, 0.2) is 12.7 Å². The molecular weight excluding hydrogens is 156 g/mol. The van der Waals surface area contributed by atoms with E-state index in [2.05, 4.69) is 6.58 Å². The molecule has 0 saturated carbocycles. The van der Waals surface area contributed by atoms with Crippen LogP contribution in [0.25, 0.3) is 0 Å². The molecule has 1 heterocycles. The second-order valence-electron chi connectivity index (χ2n) is 3.42. The maximum Gasteiger partial charge on any atom is 0.163 e. The third-order valence-corrected chi connectivity index (χ3v) is 1.86. The van der Waals surface area contributed by atoms with Gasteiger partial charge < -0.3 is 14.6 Å². The summed E-state index contributed by atoms with van der Waals surface area (Å²) in [6.45, 7) is 7.32. The van der Waals surface area contributed by atoms with E-state index in [4.69, 9.17) is 14.6 Å². The molecule has 3 heteroatoms. The molecule has 3 nitrogen and oxygen atoms in total. The zero-order valence-corrected chi connectivity index (χ0v) is 7.62. The minimum absolute atomic E-state index is 0.00192. The zero-order chi connectivity index (χ0) is 9.19. The first kappa shape index (κ1) is 9.71. The van der Waals surface area contributed by atoms with Crippen molar-refractivity contribution in [2.45, 2.75) is 38.3 Å². The Morgan fingerprint density at radius 3 is 2.50 bits per heavy atom. The van der Waals surface area contributed by atoms with Crippen molar-refractivity contribution in [3.8, 4) is 0 Å². The summed E-state index contributed by atoms with van der Waals surface area (Å²) in [5.74, 6) is -0.568. The van der Waals surface area contributed by atoms with Crippen molar-refractivity contribution in [1.29, 1.82) is 0 Å². The summed E-state index contributed by atoms with van der Waals surface area (Å²) < 4.78 is 11.0. The average molecular weight is 172 g/mol. The van der Waals surface area contributed by atoms with Gasteiger partial charge in [0.25, 0.3) is 0 Å². The van der Waals surface area contributed by atoms with Gasteiger partial charge in [-0.05, 0) is 20.3 Å². The molecule has 0 aliphatic carbocycles. The SMILES string of the molecule is C=CCC1OC(C)(C)OC1CO. The second kappa shape index (κ2) is 3.56. The molecule has 70 valence electrons. The van der Waals surface area contributed by atoms with Gasteiger partial charge in [0.15, 0.2) is 5.79 Å². The largest absolute Gasteiger partial charge is 0.394 e. The molecule has 0 aromatic heterocycles. The number of ether oxygens (including phenoxy) is 2. The molecule has 2 unspecified atom stereocenters. The predicted octanol–water partition coefficient (Wildman–Crippen LogP) is 1.07. The monoisotopic (exact) mass is 172 g/mol. The van der Waals surface area contributed by atoms with Crippen molar-refractivity contribution in [3.05, 3.63) is 12.7 Å². The van der Waals surface area contributed by atoms with Crippen LogP contribution in [0.3, 0.4) is 0 Å². The molecule has 1 fully saturated rings. The molecule has 1 aliphatic rings. The zero-order valence-electron chi connectivity index (χ0n) is 7.62. The number of rotatable bonds is 3. The summed E-state index contributed by atoms with van der Waals surface area (Å²) in [7, 11) is 0. The van der Waals surface area contributed by atoms with Crippen LogP contribution in [-0.4, -0.2) is 29.7 Å². The Labute approximate surface area is 73.0 Å². The van der Waals surface area contributed by atoms with Gasteiger partial charge in [-0.1, -0.05) is 6.08 Å². The van der Waals surface area contributed by atoms with E-state index in [9.17, 15) is 0 Å². The Bertz CT molecular complexity index is 165. The molecule has 0 amide bonds.